The van der Waals surface area contributed by atoms with Crippen LogP contribution in [0.15, 0.2) is 16.9 Å². The van der Waals surface area contributed by atoms with Crippen molar-refractivity contribution in [1.29, 1.82) is 0 Å². The first-order valence-corrected chi connectivity index (χ1v) is 4.11. The monoisotopic (exact) mass is 183 g/mol. The number of halogens is 1. The van der Waals surface area contributed by atoms with Gasteiger partial charge in [-0.2, -0.15) is 0 Å². The third-order valence-electron chi connectivity index (χ3n) is 1.23. The molecule has 1 rings (SSSR count). The normalized spacial score (nSPS) is 8.67. The van der Waals surface area contributed by atoms with Crippen LogP contribution in [0.1, 0.15) is 13.8 Å². The molecule has 1 heterocycles. The van der Waals surface area contributed by atoms with E-state index in [1.165, 1.54) is 16.7 Å². The van der Waals surface area contributed by atoms with Gasteiger partial charge in [0.15, 0.2) is 0 Å². The highest BCUT2D eigenvalue weighted by Gasteiger charge is 1.95. The third-order valence-corrected chi connectivity index (χ3v) is 1.59. The standard InChI is InChI=1S/C6H5BClNO.C2H6/c1-9-5(8)2-4(7)3-6(9)10;1-2/h2-3H,1H3;1-2H3. The molecule has 0 bridgehead atoms. The van der Waals surface area contributed by atoms with Crippen LogP contribution in [0, 0.1) is 0 Å². The molecular weight excluding hydrogens is 172 g/mol. The van der Waals surface area contributed by atoms with Gasteiger partial charge in [0, 0.05) is 7.05 Å². The predicted molar refractivity (Wildman–Crippen MR) is 53.4 cm³/mol. The highest BCUT2D eigenvalue weighted by atomic mass is 35.5. The quantitative estimate of drug-likeness (QED) is 0.432. The Balaban J connectivity index is 0.000000561. The second kappa shape index (κ2) is 5.04. The summed E-state index contributed by atoms with van der Waals surface area (Å²) in [7, 11) is 6.92. The summed E-state index contributed by atoms with van der Waals surface area (Å²) < 4.78 is 1.32. The maximum absolute atomic E-state index is 10.9. The van der Waals surface area contributed by atoms with Crippen molar-refractivity contribution in [1.82, 2.24) is 4.57 Å². The van der Waals surface area contributed by atoms with Crippen molar-refractivity contribution in [2.75, 3.05) is 0 Å². The van der Waals surface area contributed by atoms with Crippen LogP contribution in [-0.2, 0) is 7.05 Å². The molecule has 4 heteroatoms. The van der Waals surface area contributed by atoms with E-state index in [1.54, 1.807) is 7.05 Å². The zero-order valence-electron chi connectivity index (χ0n) is 7.47. The lowest BCUT2D eigenvalue weighted by atomic mass is 9.98. The van der Waals surface area contributed by atoms with Gasteiger partial charge >= 0.3 is 0 Å². The minimum atomic E-state index is -0.190. The van der Waals surface area contributed by atoms with Gasteiger partial charge in [-0.25, -0.2) is 0 Å². The van der Waals surface area contributed by atoms with Gasteiger partial charge in [-0.3, -0.25) is 4.79 Å². The van der Waals surface area contributed by atoms with Crippen LogP contribution in [0.3, 0.4) is 0 Å². The molecule has 0 unspecified atom stereocenters. The second-order valence-corrected chi connectivity index (χ2v) is 2.40. The summed E-state index contributed by atoms with van der Waals surface area (Å²) in [5.41, 5.74) is 0.207. The van der Waals surface area contributed by atoms with Crippen LogP contribution in [-0.4, -0.2) is 12.4 Å². The fourth-order valence-electron chi connectivity index (χ4n) is 0.621. The lowest BCUT2D eigenvalue weighted by Gasteiger charge is -2.00. The highest BCUT2D eigenvalue weighted by Crippen LogP contribution is 1.98. The molecule has 0 aromatic carbocycles. The molecule has 0 spiro atoms. The number of hydrogen-bond donors (Lipinski definition) is 0. The zero-order chi connectivity index (χ0) is 9.72. The van der Waals surface area contributed by atoms with E-state index in [4.69, 9.17) is 19.4 Å². The summed E-state index contributed by atoms with van der Waals surface area (Å²) in [6, 6.07) is 2.86. The van der Waals surface area contributed by atoms with Crippen molar-refractivity contribution >= 4 is 24.9 Å². The maximum Gasteiger partial charge on any atom is 0.250 e. The fourth-order valence-corrected chi connectivity index (χ4v) is 0.830. The van der Waals surface area contributed by atoms with Crippen molar-refractivity contribution in [3.63, 3.8) is 0 Å². The van der Waals surface area contributed by atoms with E-state index in [0.29, 0.717) is 10.6 Å². The Bertz CT molecular complexity index is 308. The van der Waals surface area contributed by atoms with Crippen molar-refractivity contribution in [3.05, 3.63) is 27.6 Å². The fraction of sp³-hybridized carbons (Fsp3) is 0.375. The molecule has 2 nitrogen and oxygen atoms in total. The predicted octanol–water partition coefficient (Wildman–Crippen LogP) is 0.859. The minimum Gasteiger partial charge on any atom is -0.302 e. The van der Waals surface area contributed by atoms with Crippen LogP contribution in [0.2, 0.25) is 5.15 Å². The molecule has 0 aliphatic rings. The molecular formula is C8H11BClNO. The van der Waals surface area contributed by atoms with Crippen LogP contribution in [0.5, 0.6) is 0 Å². The number of rotatable bonds is 0. The summed E-state index contributed by atoms with van der Waals surface area (Å²) in [6.45, 7) is 4.00. The van der Waals surface area contributed by atoms with E-state index in [0.717, 1.165) is 0 Å². The van der Waals surface area contributed by atoms with E-state index in [-0.39, 0.29) is 5.56 Å². The number of nitrogens with zero attached hydrogens (tertiary/aromatic N) is 1. The van der Waals surface area contributed by atoms with E-state index >= 15 is 0 Å². The van der Waals surface area contributed by atoms with Crippen LogP contribution in [0.4, 0.5) is 0 Å². The average molecular weight is 183 g/mol. The van der Waals surface area contributed by atoms with Gasteiger partial charge in [0.1, 0.15) is 13.0 Å². The van der Waals surface area contributed by atoms with Crippen molar-refractivity contribution in [2.45, 2.75) is 13.8 Å². The van der Waals surface area contributed by atoms with Crippen LogP contribution < -0.4 is 11.0 Å². The Morgan fingerprint density at radius 3 is 2.33 bits per heavy atom. The van der Waals surface area contributed by atoms with Gasteiger partial charge in [-0.05, 0) is 12.1 Å². The van der Waals surface area contributed by atoms with E-state index in [1.807, 2.05) is 13.8 Å². The molecule has 12 heavy (non-hydrogen) atoms. The second-order valence-electron chi connectivity index (χ2n) is 2.01. The maximum atomic E-state index is 10.9. The number of hydrogen-bond acceptors (Lipinski definition) is 1. The largest absolute Gasteiger partial charge is 0.302 e. The van der Waals surface area contributed by atoms with Crippen molar-refractivity contribution in [2.24, 2.45) is 7.05 Å². The first-order valence-electron chi connectivity index (χ1n) is 3.73. The summed E-state index contributed by atoms with van der Waals surface area (Å²) >= 11 is 5.60. The SMILES string of the molecule is CC.[B]c1cc(Cl)n(C)c(=O)c1. The number of aromatic nitrogens is 1. The van der Waals surface area contributed by atoms with Crippen LogP contribution >= 0.6 is 11.6 Å². The molecule has 0 amide bonds. The summed E-state index contributed by atoms with van der Waals surface area (Å²) in [4.78, 5) is 10.9. The number of pyridine rings is 1. The Labute approximate surface area is 78.6 Å². The van der Waals surface area contributed by atoms with Crippen molar-refractivity contribution in [3.8, 4) is 0 Å². The van der Waals surface area contributed by atoms with E-state index in [2.05, 4.69) is 0 Å². The molecule has 0 atom stereocenters. The molecule has 0 aliphatic heterocycles. The summed E-state index contributed by atoms with van der Waals surface area (Å²) in [5, 5.41) is 0.352. The van der Waals surface area contributed by atoms with E-state index in [9.17, 15) is 4.79 Å². The molecule has 0 saturated heterocycles. The third kappa shape index (κ3) is 2.74. The van der Waals surface area contributed by atoms with Gasteiger partial charge in [0.25, 0.3) is 5.56 Å². The van der Waals surface area contributed by atoms with Gasteiger partial charge < -0.3 is 4.57 Å². The molecule has 2 radical (unpaired) electrons. The van der Waals surface area contributed by atoms with Gasteiger partial charge in [-0.1, -0.05) is 30.9 Å². The Kier molecular flexibility index (Phi) is 4.75. The Morgan fingerprint density at radius 2 is 1.92 bits per heavy atom. The zero-order valence-corrected chi connectivity index (χ0v) is 8.22. The average Bonchev–Trinajstić information content (AvgIpc) is 2.04. The summed E-state index contributed by atoms with van der Waals surface area (Å²) in [5.74, 6) is 0. The molecule has 0 N–H and O–H groups in total. The van der Waals surface area contributed by atoms with Gasteiger partial charge in [0.2, 0.25) is 0 Å². The lowest BCUT2D eigenvalue weighted by Crippen LogP contribution is -2.22. The minimum absolute atomic E-state index is 0.190. The van der Waals surface area contributed by atoms with Gasteiger partial charge in [0.05, 0.1) is 0 Å². The molecule has 0 fully saturated rings. The Hall–Kier alpha value is -0.695. The van der Waals surface area contributed by atoms with E-state index < -0.39 is 0 Å². The molecule has 64 valence electrons. The molecule has 0 aliphatic carbocycles. The molecule has 1 aromatic rings. The van der Waals surface area contributed by atoms with Crippen molar-refractivity contribution < 1.29 is 0 Å². The smallest absolute Gasteiger partial charge is 0.250 e. The topological polar surface area (TPSA) is 22.0 Å². The summed E-state index contributed by atoms with van der Waals surface area (Å²) in [6.07, 6.45) is 0. The molecule has 0 saturated carbocycles. The first-order chi connectivity index (χ1) is 5.61. The Morgan fingerprint density at radius 1 is 1.42 bits per heavy atom. The first kappa shape index (κ1) is 11.3. The van der Waals surface area contributed by atoms with Crippen LogP contribution in [0.25, 0.3) is 0 Å². The lowest BCUT2D eigenvalue weighted by molar-refractivity contribution is 0.864. The molecule has 1 aromatic heterocycles. The van der Waals surface area contributed by atoms with Gasteiger partial charge in [-0.15, -0.1) is 0 Å². The highest BCUT2D eigenvalue weighted by molar-refractivity contribution is 6.35.